The molecule has 0 amide bonds. The highest BCUT2D eigenvalue weighted by molar-refractivity contribution is 5.86. The normalized spacial score (nSPS) is 30.6. The second kappa shape index (κ2) is 8.94. The lowest BCUT2D eigenvalue weighted by molar-refractivity contribution is -0.302. The first-order valence-corrected chi connectivity index (χ1v) is 7.01. The molecule has 0 radical (unpaired) electrons. The van der Waals surface area contributed by atoms with E-state index in [0.717, 1.165) is 0 Å². The van der Waals surface area contributed by atoms with Gasteiger partial charge in [0.15, 0.2) is 6.29 Å². The molecule has 1 aliphatic rings. The van der Waals surface area contributed by atoms with Crippen LogP contribution in [0, 0.1) is 0 Å². The molecule has 0 saturated carbocycles. The number of aliphatic hydroxyl groups excluding tert-OH is 3. The quantitative estimate of drug-likeness (QED) is 0.289. The number of esters is 2. The minimum atomic E-state index is -1.53. The Morgan fingerprint density at radius 1 is 1.04 bits per heavy atom. The summed E-state index contributed by atoms with van der Waals surface area (Å²) < 4.78 is 20.0. The van der Waals surface area contributed by atoms with Crippen LogP contribution in [0.3, 0.4) is 0 Å². The maximum Gasteiger partial charge on any atom is 0.333 e. The third kappa shape index (κ3) is 5.88. The van der Waals surface area contributed by atoms with Crippen molar-refractivity contribution in [2.24, 2.45) is 0 Å². The molecule has 1 fully saturated rings. The number of carbonyl (C=O) groups is 2. The van der Waals surface area contributed by atoms with Gasteiger partial charge in [-0.15, -0.1) is 0 Å². The van der Waals surface area contributed by atoms with E-state index in [-0.39, 0.29) is 25.4 Å². The van der Waals surface area contributed by atoms with E-state index in [4.69, 9.17) is 18.9 Å². The molecule has 23 heavy (non-hydrogen) atoms. The summed E-state index contributed by atoms with van der Waals surface area (Å²) in [5.41, 5.74) is 0.235. The summed E-state index contributed by atoms with van der Waals surface area (Å²) >= 11 is 0. The highest BCUT2D eigenvalue weighted by Crippen LogP contribution is 2.22. The van der Waals surface area contributed by atoms with Crippen molar-refractivity contribution in [3.63, 3.8) is 0 Å². The SMILES string of the molecule is C=C(C)C(=O)OCCO[C@@H]1OC(COC(C)=O)[C@H](O)C(O)[C@@H]1O. The molecule has 3 N–H and O–H groups in total. The van der Waals surface area contributed by atoms with E-state index in [1.54, 1.807) is 0 Å². The number of hydrogen-bond acceptors (Lipinski definition) is 9. The summed E-state index contributed by atoms with van der Waals surface area (Å²) in [7, 11) is 0. The summed E-state index contributed by atoms with van der Waals surface area (Å²) in [6.07, 6.45) is -6.80. The molecule has 0 aromatic rings. The van der Waals surface area contributed by atoms with E-state index in [1.165, 1.54) is 13.8 Å². The molecule has 0 aromatic carbocycles. The maximum absolute atomic E-state index is 11.2. The number of hydrogen-bond donors (Lipinski definition) is 3. The van der Waals surface area contributed by atoms with Crippen LogP contribution in [-0.4, -0.2) is 77.8 Å². The molecule has 1 rings (SSSR count). The fraction of sp³-hybridized carbons (Fsp3) is 0.714. The average Bonchev–Trinajstić information content (AvgIpc) is 2.49. The van der Waals surface area contributed by atoms with E-state index in [0.29, 0.717) is 0 Å². The number of carbonyl (C=O) groups excluding carboxylic acids is 2. The van der Waals surface area contributed by atoms with Crippen LogP contribution >= 0.6 is 0 Å². The van der Waals surface area contributed by atoms with Gasteiger partial charge in [-0.05, 0) is 6.92 Å². The van der Waals surface area contributed by atoms with Gasteiger partial charge in [0.2, 0.25) is 0 Å². The summed E-state index contributed by atoms with van der Waals surface area (Å²) in [6, 6.07) is 0. The summed E-state index contributed by atoms with van der Waals surface area (Å²) in [5, 5.41) is 29.4. The van der Waals surface area contributed by atoms with Crippen LogP contribution < -0.4 is 0 Å². The minimum Gasteiger partial charge on any atom is -0.463 e. The van der Waals surface area contributed by atoms with Crippen molar-refractivity contribution in [3.8, 4) is 0 Å². The molecule has 9 heteroatoms. The van der Waals surface area contributed by atoms with Gasteiger partial charge in [-0.2, -0.15) is 0 Å². The van der Waals surface area contributed by atoms with Crippen molar-refractivity contribution >= 4 is 11.9 Å². The Kier molecular flexibility index (Phi) is 7.59. The first-order chi connectivity index (χ1) is 10.7. The zero-order chi connectivity index (χ0) is 17.6. The van der Waals surface area contributed by atoms with E-state index in [2.05, 4.69) is 6.58 Å². The number of ether oxygens (including phenoxy) is 4. The van der Waals surface area contributed by atoms with Crippen molar-refractivity contribution in [2.45, 2.75) is 44.6 Å². The minimum absolute atomic E-state index is 0.106. The van der Waals surface area contributed by atoms with E-state index < -0.39 is 42.6 Å². The Morgan fingerprint density at radius 2 is 1.70 bits per heavy atom. The van der Waals surface area contributed by atoms with Crippen molar-refractivity contribution in [2.75, 3.05) is 19.8 Å². The standard InChI is InChI=1S/C14H22O9/c1-7(2)13(19)20-4-5-21-14-12(18)11(17)10(16)9(23-14)6-22-8(3)15/h9-12,14,16-18H,1,4-6H2,2-3H3/t9?,10-,11?,12-,14+/m0/s1. The third-order valence-electron chi connectivity index (χ3n) is 3.07. The lowest BCUT2D eigenvalue weighted by Crippen LogP contribution is -2.59. The van der Waals surface area contributed by atoms with Gasteiger partial charge in [-0.25, -0.2) is 4.79 Å². The second-order valence-electron chi connectivity index (χ2n) is 5.10. The summed E-state index contributed by atoms with van der Waals surface area (Å²) in [5.74, 6) is -1.16. The molecule has 0 spiro atoms. The van der Waals surface area contributed by atoms with Crippen LogP contribution in [0.15, 0.2) is 12.2 Å². The van der Waals surface area contributed by atoms with E-state index in [1.807, 2.05) is 0 Å². The highest BCUT2D eigenvalue weighted by atomic mass is 16.7. The molecule has 0 aromatic heterocycles. The van der Waals surface area contributed by atoms with Gasteiger partial charge in [0.25, 0.3) is 0 Å². The zero-order valence-corrected chi connectivity index (χ0v) is 13.0. The van der Waals surface area contributed by atoms with Crippen LogP contribution in [0.5, 0.6) is 0 Å². The molecule has 1 heterocycles. The fourth-order valence-electron chi connectivity index (χ4n) is 1.81. The van der Waals surface area contributed by atoms with Crippen LogP contribution in [0.1, 0.15) is 13.8 Å². The van der Waals surface area contributed by atoms with Gasteiger partial charge < -0.3 is 34.3 Å². The maximum atomic E-state index is 11.2. The van der Waals surface area contributed by atoms with Crippen molar-refractivity contribution < 1.29 is 43.9 Å². The summed E-state index contributed by atoms with van der Waals surface area (Å²) in [4.78, 5) is 22.0. The molecule has 0 bridgehead atoms. The molecule has 1 saturated heterocycles. The molecule has 2 unspecified atom stereocenters. The fourth-order valence-corrected chi connectivity index (χ4v) is 1.81. The van der Waals surface area contributed by atoms with Crippen LogP contribution in [-0.2, 0) is 28.5 Å². The van der Waals surface area contributed by atoms with Crippen LogP contribution in [0.2, 0.25) is 0 Å². The molecule has 9 nitrogen and oxygen atoms in total. The van der Waals surface area contributed by atoms with Crippen LogP contribution in [0.4, 0.5) is 0 Å². The zero-order valence-electron chi connectivity index (χ0n) is 13.0. The Balaban J connectivity index is 2.47. The molecule has 132 valence electrons. The van der Waals surface area contributed by atoms with Gasteiger partial charge in [-0.3, -0.25) is 4.79 Å². The predicted molar refractivity (Wildman–Crippen MR) is 75.0 cm³/mol. The molecular formula is C14H22O9. The van der Waals surface area contributed by atoms with Crippen molar-refractivity contribution in [1.82, 2.24) is 0 Å². The Morgan fingerprint density at radius 3 is 2.26 bits per heavy atom. The van der Waals surface area contributed by atoms with Gasteiger partial charge in [-0.1, -0.05) is 6.58 Å². The Labute approximate surface area is 133 Å². The lowest BCUT2D eigenvalue weighted by Gasteiger charge is -2.39. The average molecular weight is 334 g/mol. The second-order valence-corrected chi connectivity index (χ2v) is 5.10. The van der Waals surface area contributed by atoms with Gasteiger partial charge in [0.05, 0.1) is 6.61 Å². The molecule has 5 atom stereocenters. The number of aliphatic hydroxyl groups is 3. The first kappa shape index (κ1) is 19.5. The van der Waals surface area contributed by atoms with E-state index in [9.17, 15) is 24.9 Å². The van der Waals surface area contributed by atoms with Gasteiger partial charge >= 0.3 is 11.9 Å². The van der Waals surface area contributed by atoms with Crippen LogP contribution in [0.25, 0.3) is 0 Å². The van der Waals surface area contributed by atoms with Crippen molar-refractivity contribution in [3.05, 3.63) is 12.2 Å². The number of rotatable bonds is 7. The Bertz CT molecular complexity index is 436. The topological polar surface area (TPSA) is 132 Å². The van der Waals surface area contributed by atoms with Gasteiger partial charge in [0.1, 0.15) is 37.6 Å². The Hall–Kier alpha value is -1.52. The van der Waals surface area contributed by atoms with Crippen molar-refractivity contribution in [1.29, 1.82) is 0 Å². The van der Waals surface area contributed by atoms with Gasteiger partial charge in [0, 0.05) is 12.5 Å². The molecule has 1 aliphatic heterocycles. The lowest BCUT2D eigenvalue weighted by atomic mass is 9.99. The monoisotopic (exact) mass is 334 g/mol. The molecular weight excluding hydrogens is 312 g/mol. The third-order valence-corrected chi connectivity index (χ3v) is 3.07. The molecule has 0 aliphatic carbocycles. The first-order valence-electron chi connectivity index (χ1n) is 7.01. The summed E-state index contributed by atoms with van der Waals surface area (Å²) in [6.45, 7) is 5.58. The smallest absolute Gasteiger partial charge is 0.333 e. The predicted octanol–water partition coefficient (Wildman–Crippen LogP) is -1.51. The highest BCUT2D eigenvalue weighted by Gasteiger charge is 2.44. The largest absolute Gasteiger partial charge is 0.463 e. The van der Waals surface area contributed by atoms with E-state index >= 15 is 0 Å².